The number of nitrogens with one attached hydrogen (secondary N) is 3. The summed E-state index contributed by atoms with van der Waals surface area (Å²) in [7, 11) is 0. The van der Waals surface area contributed by atoms with Crippen molar-refractivity contribution < 1.29 is 9.53 Å². The third-order valence-electron chi connectivity index (χ3n) is 3.01. The van der Waals surface area contributed by atoms with E-state index >= 15 is 0 Å². The number of aliphatic imine (C=N–C) groups is 1. The molecule has 0 radical (unpaired) electrons. The quantitative estimate of drug-likeness (QED) is 0.513. The number of aromatic nitrogens is 2. The van der Waals surface area contributed by atoms with Crippen molar-refractivity contribution >= 4 is 12.1 Å². The molecule has 142 valence electrons. The van der Waals surface area contributed by atoms with Gasteiger partial charge in [0.1, 0.15) is 5.60 Å². The molecule has 0 saturated carbocycles. The van der Waals surface area contributed by atoms with Gasteiger partial charge in [0.25, 0.3) is 0 Å². The van der Waals surface area contributed by atoms with Gasteiger partial charge < -0.3 is 20.7 Å². The Morgan fingerprint density at radius 3 is 2.52 bits per heavy atom. The fraction of sp³-hybridized carbons (Fsp3) is 0.706. The number of rotatable bonds is 7. The van der Waals surface area contributed by atoms with Gasteiger partial charge in [0.2, 0.25) is 0 Å². The zero-order valence-corrected chi connectivity index (χ0v) is 16.2. The van der Waals surface area contributed by atoms with Crippen LogP contribution in [0.3, 0.4) is 0 Å². The molecule has 1 aromatic heterocycles. The van der Waals surface area contributed by atoms with Gasteiger partial charge in [0.15, 0.2) is 5.96 Å². The van der Waals surface area contributed by atoms with Crippen LogP contribution < -0.4 is 16.0 Å². The molecule has 0 unspecified atom stereocenters. The molecule has 0 fully saturated rings. The van der Waals surface area contributed by atoms with Crippen LogP contribution in [-0.2, 0) is 11.3 Å². The van der Waals surface area contributed by atoms with E-state index < -0.39 is 17.2 Å². The van der Waals surface area contributed by atoms with E-state index in [1.165, 1.54) is 0 Å². The second-order valence-electron chi connectivity index (χ2n) is 7.40. The van der Waals surface area contributed by atoms with Crippen LogP contribution in [-0.4, -0.2) is 52.6 Å². The van der Waals surface area contributed by atoms with Gasteiger partial charge in [0.05, 0.1) is 18.6 Å². The van der Waals surface area contributed by atoms with Gasteiger partial charge in [-0.3, -0.25) is 9.67 Å². The number of hydrogen-bond acceptors (Lipinski definition) is 4. The highest BCUT2D eigenvalue weighted by Gasteiger charge is 2.24. The number of hydrogen-bond donors (Lipinski definition) is 3. The largest absolute Gasteiger partial charge is 0.444 e. The van der Waals surface area contributed by atoms with Crippen LogP contribution >= 0.6 is 0 Å². The Balaban J connectivity index is 2.51. The lowest BCUT2D eigenvalue weighted by Crippen LogP contribution is -2.49. The van der Waals surface area contributed by atoms with Crippen LogP contribution in [0.15, 0.2) is 23.5 Å². The molecular weight excluding hydrogens is 320 g/mol. The number of nitrogens with zero attached hydrogens (tertiary/aromatic N) is 3. The van der Waals surface area contributed by atoms with E-state index in [1.54, 1.807) is 6.20 Å². The summed E-state index contributed by atoms with van der Waals surface area (Å²) >= 11 is 0. The van der Waals surface area contributed by atoms with Crippen LogP contribution in [0.25, 0.3) is 0 Å². The summed E-state index contributed by atoms with van der Waals surface area (Å²) in [6, 6.07) is 1.89. The molecular formula is C17H32N6O2. The Labute approximate surface area is 150 Å². The average Bonchev–Trinajstić information content (AvgIpc) is 2.95. The second-order valence-corrected chi connectivity index (χ2v) is 7.40. The highest BCUT2D eigenvalue weighted by atomic mass is 16.6. The number of alkyl carbamates (subject to hydrolysis) is 1. The minimum Gasteiger partial charge on any atom is -0.444 e. The predicted molar refractivity (Wildman–Crippen MR) is 99.7 cm³/mol. The molecule has 0 bridgehead atoms. The van der Waals surface area contributed by atoms with E-state index in [-0.39, 0.29) is 0 Å². The summed E-state index contributed by atoms with van der Waals surface area (Å²) < 4.78 is 7.15. The van der Waals surface area contributed by atoms with Crippen molar-refractivity contribution in [3.05, 3.63) is 18.5 Å². The van der Waals surface area contributed by atoms with E-state index in [1.807, 2.05) is 58.5 Å². The first-order chi connectivity index (χ1) is 11.6. The number of carbonyl (C=O) groups excluding carboxylic acids is 1. The van der Waals surface area contributed by atoms with Crippen LogP contribution in [0.4, 0.5) is 4.79 Å². The Hall–Kier alpha value is -2.25. The average molecular weight is 352 g/mol. The van der Waals surface area contributed by atoms with Crippen molar-refractivity contribution in [2.75, 3.05) is 19.6 Å². The Morgan fingerprint density at radius 1 is 1.24 bits per heavy atom. The van der Waals surface area contributed by atoms with E-state index in [0.29, 0.717) is 19.0 Å². The van der Waals surface area contributed by atoms with Crippen molar-refractivity contribution in [2.24, 2.45) is 4.99 Å². The van der Waals surface area contributed by atoms with Crippen LogP contribution in [0, 0.1) is 0 Å². The van der Waals surface area contributed by atoms with Gasteiger partial charge in [-0.05, 0) is 47.6 Å². The molecule has 1 rings (SSSR count). The van der Waals surface area contributed by atoms with Crippen LogP contribution in [0.2, 0.25) is 0 Å². The second kappa shape index (κ2) is 9.29. The molecule has 1 heterocycles. The van der Waals surface area contributed by atoms with Gasteiger partial charge in [0, 0.05) is 25.5 Å². The monoisotopic (exact) mass is 352 g/mol. The smallest absolute Gasteiger partial charge is 0.408 e. The van der Waals surface area contributed by atoms with Crippen molar-refractivity contribution in [1.29, 1.82) is 0 Å². The zero-order chi connectivity index (χ0) is 18.9. The molecule has 1 amide bonds. The summed E-state index contributed by atoms with van der Waals surface area (Å²) in [5.74, 6) is 0.703. The molecule has 0 aliphatic carbocycles. The maximum Gasteiger partial charge on any atom is 0.408 e. The highest BCUT2D eigenvalue weighted by molar-refractivity contribution is 5.79. The van der Waals surface area contributed by atoms with Crippen LogP contribution in [0.1, 0.15) is 41.5 Å². The number of guanidine groups is 1. The topological polar surface area (TPSA) is 92.6 Å². The molecule has 0 spiro atoms. The summed E-state index contributed by atoms with van der Waals surface area (Å²) in [5.41, 5.74) is -1.04. The van der Waals surface area contributed by atoms with E-state index in [2.05, 4.69) is 26.0 Å². The molecule has 25 heavy (non-hydrogen) atoms. The molecule has 3 N–H and O–H groups in total. The van der Waals surface area contributed by atoms with Gasteiger partial charge in [-0.25, -0.2) is 4.79 Å². The summed E-state index contributed by atoms with van der Waals surface area (Å²) in [5, 5.41) is 13.5. The van der Waals surface area contributed by atoms with Crippen LogP contribution in [0.5, 0.6) is 0 Å². The normalized spacial score (nSPS) is 12.6. The third kappa shape index (κ3) is 9.59. The Bertz CT molecular complexity index is 546. The van der Waals surface area contributed by atoms with E-state index in [9.17, 15) is 4.79 Å². The molecule has 0 aliphatic heterocycles. The predicted octanol–water partition coefficient (Wildman–Crippen LogP) is 1.74. The lowest BCUT2D eigenvalue weighted by molar-refractivity contribution is 0.0476. The number of carbonyl (C=O) groups is 1. The minimum absolute atomic E-state index is 0.420. The highest BCUT2D eigenvalue weighted by Crippen LogP contribution is 2.09. The van der Waals surface area contributed by atoms with E-state index in [4.69, 9.17) is 4.74 Å². The van der Waals surface area contributed by atoms with Gasteiger partial charge in [-0.1, -0.05) is 0 Å². The fourth-order valence-corrected chi connectivity index (χ4v) is 1.96. The van der Waals surface area contributed by atoms with Gasteiger partial charge in [-0.2, -0.15) is 5.10 Å². The third-order valence-corrected chi connectivity index (χ3v) is 3.01. The van der Waals surface area contributed by atoms with Gasteiger partial charge in [-0.15, -0.1) is 0 Å². The molecule has 0 saturated heterocycles. The molecule has 0 aliphatic rings. The number of ether oxygens (including phenoxy) is 1. The lowest BCUT2D eigenvalue weighted by Gasteiger charge is -2.27. The minimum atomic E-state index is -0.521. The molecule has 8 heteroatoms. The first-order valence-corrected chi connectivity index (χ1v) is 8.62. The van der Waals surface area contributed by atoms with Crippen molar-refractivity contribution in [1.82, 2.24) is 25.7 Å². The summed E-state index contributed by atoms with van der Waals surface area (Å²) in [4.78, 5) is 16.5. The maximum absolute atomic E-state index is 11.9. The Kier molecular flexibility index (Phi) is 7.73. The van der Waals surface area contributed by atoms with Crippen molar-refractivity contribution in [3.8, 4) is 0 Å². The van der Waals surface area contributed by atoms with Gasteiger partial charge >= 0.3 is 6.09 Å². The maximum atomic E-state index is 11.9. The summed E-state index contributed by atoms with van der Waals surface area (Å²) in [6.07, 6.45) is 3.23. The van der Waals surface area contributed by atoms with Crippen molar-refractivity contribution in [3.63, 3.8) is 0 Å². The number of amides is 1. The first kappa shape index (κ1) is 20.8. The fourth-order valence-electron chi connectivity index (χ4n) is 1.96. The summed E-state index contributed by atoms with van der Waals surface area (Å²) in [6.45, 7) is 14.0. The lowest BCUT2D eigenvalue weighted by atomic mass is 10.1. The standard InChI is InChI=1S/C17H32N6O2/c1-7-18-14(19-10-12-23-11-8-9-21-23)20-13-17(5,6)22-15(24)25-16(2,3)4/h8-9,11H,7,10,12-13H2,1-6H3,(H,22,24)(H2,18,19,20). The van der Waals surface area contributed by atoms with Crippen molar-refractivity contribution in [2.45, 2.75) is 59.2 Å². The SMILES string of the molecule is CCNC(=NCC(C)(C)NC(=O)OC(C)(C)C)NCCn1cccn1. The molecule has 0 aromatic carbocycles. The molecule has 0 atom stereocenters. The molecule has 8 nitrogen and oxygen atoms in total. The first-order valence-electron chi connectivity index (χ1n) is 8.62. The Morgan fingerprint density at radius 2 is 1.96 bits per heavy atom. The van der Waals surface area contributed by atoms with E-state index in [0.717, 1.165) is 13.1 Å². The molecule has 1 aromatic rings. The zero-order valence-electron chi connectivity index (χ0n) is 16.2.